The van der Waals surface area contributed by atoms with Gasteiger partial charge in [-0.25, -0.2) is 4.68 Å². The molecule has 3 aromatic rings. The first kappa shape index (κ1) is 25.2. The fraction of sp³-hybridized carbons (Fsp3) is 0.333. The Hall–Kier alpha value is -3.87. The molecule has 6 radical (unpaired) electrons. The first-order chi connectivity index (χ1) is 17.2. The van der Waals surface area contributed by atoms with E-state index in [1.165, 1.54) is 13.2 Å². The van der Waals surface area contributed by atoms with Crippen LogP contribution in [0.15, 0.2) is 30.5 Å². The van der Waals surface area contributed by atoms with E-state index in [0.717, 1.165) is 18.5 Å². The molecule has 1 fully saturated rings. The molecule has 4 N–H and O–H groups in total. The predicted octanol–water partition coefficient (Wildman–Crippen LogP) is -0.276. The molecule has 2 amide bonds. The number of anilines is 3. The summed E-state index contributed by atoms with van der Waals surface area (Å²) in [6, 6.07) is 6.78. The molecule has 0 bridgehead atoms. The Morgan fingerprint density at radius 2 is 1.94 bits per heavy atom. The highest BCUT2D eigenvalue weighted by atomic mass is 16.5. The number of carbonyl (C=O) groups excluding carboxylic acids is 2. The van der Waals surface area contributed by atoms with Crippen LogP contribution < -0.4 is 26.0 Å². The van der Waals surface area contributed by atoms with E-state index in [-0.39, 0.29) is 29.0 Å². The third kappa shape index (κ3) is 6.03. The van der Waals surface area contributed by atoms with Crippen LogP contribution in [0.5, 0.6) is 5.75 Å². The minimum Gasteiger partial charge on any atom is -0.492 e. The fourth-order valence-corrected chi connectivity index (χ4v) is 3.39. The standard InChI is InChI=1S/C21H22B3N9O3/c1-25-9-12-10-33(32-29-12)15-5-3-4-13(18(15)36-2)26-14-8-16(27-19(34)11-6-7-11)30-31-17(14)20(35)28-21(22,23)24/h3-5,8,10-11,25H,6-7,9H2,1-2H3,(H,28,35)(H2,26,27,30,34). The van der Waals surface area contributed by atoms with Gasteiger partial charge in [-0.3, -0.25) is 9.59 Å². The zero-order chi connectivity index (χ0) is 25.9. The number of aromatic nitrogens is 5. The van der Waals surface area contributed by atoms with Crippen molar-refractivity contribution in [2.24, 2.45) is 5.92 Å². The maximum absolute atomic E-state index is 12.8. The van der Waals surface area contributed by atoms with Gasteiger partial charge < -0.3 is 26.0 Å². The maximum Gasteiger partial charge on any atom is 0.272 e. The molecule has 12 nitrogen and oxygen atoms in total. The molecule has 1 aliphatic carbocycles. The Labute approximate surface area is 211 Å². The monoisotopic (exact) mass is 481 g/mol. The predicted molar refractivity (Wildman–Crippen MR) is 135 cm³/mol. The van der Waals surface area contributed by atoms with E-state index >= 15 is 0 Å². The second kappa shape index (κ2) is 10.4. The summed E-state index contributed by atoms with van der Waals surface area (Å²) in [7, 11) is 19.9. The molecule has 0 atom stereocenters. The zero-order valence-electron chi connectivity index (χ0n) is 19.8. The third-order valence-electron chi connectivity index (χ3n) is 5.15. The van der Waals surface area contributed by atoms with Gasteiger partial charge in [0.25, 0.3) is 5.91 Å². The van der Waals surface area contributed by atoms with Crippen LogP contribution in [0.4, 0.5) is 17.2 Å². The Balaban J connectivity index is 1.70. The number of nitrogens with one attached hydrogen (secondary N) is 4. The number of nitrogens with zero attached hydrogens (tertiary/aromatic N) is 5. The van der Waals surface area contributed by atoms with Crippen LogP contribution in [0.25, 0.3) is 5.69 Å². The van der Waals surface area contributed by atoms with E-state index < -0.39 is 11.1 Å². The number of hydrogen-bond acceptors (Lipinski definition) is 9. The average molecular weight is 481 g/mol. The molecule has 0 unspecified atom stereocenters. The second-order valence-corrected chi connectivity index (χ2v) is 8.31. The van der Waals surface area contributed by atoms with Gasteiger partial charge in [0, 0.05) is 18.5 Å². The topological polar surface area (TPSA) is 148 Å². The van der Waals surface area contributed by atoms with Gasteiger partial charge in [0.05, 0.1) is 53.9 Å². The summed E-state index contributed by atoms with van der Waals surface area (Å²) in [4.78, 5) is 25.0. The van der Waals surface area contributed by atoms with Crippen LogP contribution in [0, 0.1) is 5.92 Å². The summed E-state index contributed by atoms with van der Waals surface area (Å²) in [5.74, 6) is -0.420. The maximum atomic E-state index is 12.8. The lowest BCUT2D eigenvalue weighted by molar-refractivity contribution is -0.117. The van der Waals surface area contributed by atoms with Crippen molar-refractivity contribution >= 4 is 52.5 Å². The summed E-state index contributed by atoms with van der Waals surface area (Å²) in [6.07, 6.45) is 3.40. The Morgan fingerprint density at radius 1 is 1.17 bits per heavy atom. The molecule has 2 aromatic heterocycles. The number of benzene rings is 1. The molecule has 178 valence electrons. The van der Waals surface area contributed by atoms with E-state index in [9.17, 15) is 9.59 Å². The number of amides is 2. The van der Waals surface area contributed by atoms with Crippen LogP contribution >= 0.6 is 0 Å². The highest BCUT2D eigenvalue weighted by Crippen LogP contribution is 2.35. The van der Waals surface area contributed by atoms with Gasteiger partial charge in [0.2, 0.25) is 5.91 Å². The molecule has 2 heterocycles. The quantitative estimate of drug-likeness (QED) is 0.287. The SMILES string of the molecule is [B]C([B])([B])NC(=O)c1nnc(NC(=O)C2CC2)cc1Nc1cccc(-n2cc(CNC)nn2)c1OC. The lowest BCUT2D eigenvalue weighted by atomic mass is 9.49. The zero-order valence-corrected chi connectivity index (χ0v) is 19.8. The number of rotatable bonds is 10. The van der Waals surface area contributed by atoms with Crippen molar-refractivity contribution in [2.45, 2.75) is 24.6 Å². The third-order valence-corrected chi connectivity index (χ3v) is 5.15. The molecule has 15 heteroatoms. The highest BCUT2D eigenvalue weighted by Gasteiger charge is 2.30. The fourth-order valence-electron chi connectivity index (χ4n) is 3.39. The van der Waals surface area contributed by atoms with Crippen molar-refractivity contribution in [1.29, 1.82) is 0 Å². The van der Waals surface area contributed by atoms with E-state index in [1.807, 2.05) is 7.05 Å². The van der Waals surface area contributed by atoms with Crippen LogP contribution in [-0.4, -0.2) is 79.9 Å². The van der Waals surface area contributed by atoms with Gasteiger partial charge in [0.1, 0.15) is 5.69 Å². The van der Waals surface area contributed by atoms with E-state index in [2.05, 4.69) is 41.8 Å². The summed E-state index contributed by atoms with van der Waals surface area (Å²) >= 11 is 0. The van der Waals surface area contributed by atoms with Gasteiger partial charge in [0.15, 0.2) is 17.3 Å². The second-order valence-electron chi connectivity index (χ2n) is 8.31. The molecule has 0 spiro atoms. The molecule has 1 aliphatic rings. The summed E-state index contributed by atoms with van der Waals surface area (Å²) in [5, 5.41) is 25.3. The van der Waals surface area contributed by atoms with Crippen molar-refractivity contribution in [3.8, 4) is 11.4 Å². The number of para-hydroxylation sites is 1. The molecule has 36 heavy (non-hydrogen) atoms. The Morgan fingerprint density at radius 3 is 2.61 bits per heavy atom. The largest absolute Gasteiger partial charge is 0.492 e. The highest BCUT2D eigenvalue weighted by molar-refractivity contribution is 6.60. The molecular weight excluding hydrogens is 459 g/mol. The van der Waals surface area contributed by atoms with Gasteiger partial charge in [-0.1, -0.05) is 16.5 Å². The van der Waals surface area contributed by atoms with Crippen molar-refractivity contribution in [1.82, 2.24) is 35.8 Å². The number of methoxy groups -OCH3 is 1. The number of hydrogen-bond donors (Lipinski definition) is 4. The molecule has 4 rings (SSSR count). The minimum absolute atomic E-state index is 0.0502. The van der Waals surface area contributed by atoms with Crippen LogP contribution in [-0.2, 0) is 11.3 Å². The minimum atomic E-state index is -1.98. The van der Waals surface area contributed by atoms with Crippen molar-refractivity contribution < 1.29 is 14.3 Å². The van der Waals surface area contributed by atoms with Crippen molar-refractivity contribution in [3.05, 3.63) is 41.9 Å². The number of carbonyl (C=O) groups is 2. The van der Waals surface area contributed by atoms with E-state index in [1.54, 1.807) is 29.1 Å². The molecule has 1 saturated carbocycles. The molecule has 1 aromatic carbocycles. The first-order valence-electron chi connectivity index (χ1n) is 11.1. The van der Waals surface area contributed by atoms with Gasteiger partial charge >= 0.3 is 0 Å². The summed E-state index contributed by atoms with van der Waals surface area (Å²) in [6.45, 7) is 0.543. The smallest absolute Gasteiger partial charge is 0.272 e. The molecule has 0 aliphatic heterocycles. The Kier molecular flexibility index (Phi) is 7.29. The normalized spacial score (nSPS) is 13.2. The van der Waals surface area contributed by atoms with Gasteiger partial charge in [-0.2, -0.15) is 0 Å². The average Bonchev–Trinajstić information content (AvgIpc) is 3.57. The van der Waals surface area contributed by atoms with Crippen LogP contribution in [0.1, 0.15) is 29.0 Å². The molecular formula is C21H22B3N9O3. The van der Waals surface area contributed by atoms with Crippen molar-refractivity contribution in [3.63, 3.8) is 0 Å². The first-order valence-corrected chi connectivity index (χ1v) is 11.1. The van der Waals surface area contributed by atoms with Crippen LogP contribution in [0.2, 0.25) is 0 Å². The lowest BCUT2D eigenvalue weighted by Crippen LogP contribution is -2.50. The Bertz CT molecular complexity index is 1280. The summed E-state index contributed by atoms with van der Waals surface area (Å²) in [5.41, 5.74) is 1.84. The van der Waals surface area contributed by atoms with Crippen molar-refractivity contribution in [2.75, 3.05) is 24.8 Å². The molecule has 0 saturated heterocycles. The summed E-state index contributed by atoms with van der Waals surface area (Å²) < 4.78 is 7.23. The van der Waals surface area contributed by atoms with Gasteiger partial charge in [-0.05, 0) is 32.0 Å². The number of ether oxygens (including phenoxy) is 1. The lowest BCUT2D eigenvalue weighted by Gasteiger charge is -2.23. The van der Waals surface area contributed by atoms with E-state index in [0.29, 0.717) is 23.7 Å². The van der Waals surface area contributed by atoms with Gasteiger partial charge in [-0.15, -0.1) is 15.3 Å². The van der Waals surface area contributed by atoms with E-state index in [4.69, 9.17) is 28.3 Å². The van der Waals surface area contributed by atoms with Crippen LogP contribution in [0.3, 0.4) is 0 Å².